The molecule has 0 spiro atoms. The molecule has 0 aromatic heterocycles. The third-order valence-electron chi connectivity index (χ3n) is 11.8. The molecule has 4 fully saturated rings. The molecular weight excluding hydrogens is 448 g/mol. The molecule has 202 valence electrons. The minimum Gasteiger partial charge on any atom is -0.469 e. The van der Waals surface area contributed by atoms with Crippen LogP contribution >= 0.6 is 0 Å². The van der Waals surface area contributed by atoms with E-state index in [-0.39, 0.29) is 11.9 Å². The van der Waals surface area contributed by atoms with Gasteiger partial charge < -0.3 is 9.16 Å². The van der Waals surface area contributed by atoms with Crippen molar-refractivity contribution >= 4 is 14.3 Å². The zero-order valence-electron chi connectivity index (χ0n) is 24.3. The van der Waals surface area contributed by atoms with Crippen LogP contribution in [0.3, 0.4) is 0 Å². The summed E-state index contributed by atoms with van der Waals surface area (Å²) in [7, 11) is 0.0590. The van der Waals surface area contributed by atoms with Gasteiger partial charge in [-0.15, -0.1) is 0 Å². The monoisotopic (exact) mass is 504 g/mol. The molecule has 4 aliphatic rings. The number of carbonyl (C=O) groups excluding carboxylic acids is 1. The lowest BCUT2D eigenvalue weighted by molar-refractivity contribution is -0.145. The molecule has 0 N–H and O–H groups in total. The maximum absolute atomic E-state index is 11.8. The molecule has 0 aromatic carbocycles. The molecule has 10 atom stereocenters. The molecule has 4 heteroatoms. The van der Waals surface area contributed by atoms with Crippen molar-refractivity contribution in [2.24, 2.45) is 52.3 Å². The van der Waals surface area contributed by atoms with E-state index in [2.05, 4.69) is 40.4 Å². The smallest absolute Gasteiger partial charge is 0.308 e. The van der Waals surface area contributed by atoms with Crippen LogP contribution in [0.15, 0.2) is 0 Å². The second-order valence-electron chi connectivity index (χ2n) is 14.8. The maximum Gasteiger partial charge on any atom is 0.308 e. The summed E-state index contributed by atoms with van der Waals surface area (Å²) in [5.41, 5.74) is 1.09. The summed E-state index contributed by atoms with van der Waals surface area (Å²) >= 11 is 0. The first-order valence-corrected chi connectivity index (χ1v) is 18.6. The number of fused-ring (bicyclic) bond motifs is 5. The molecule has 0 aromatic rings. The van der Waals surface area contributed by atoms with Gasteiger partial charge in [-0.05, 0) is 130 Å². The van der Waals surface area contributed by atoms with Crippen molar-refractivity contribution in [1.29, 1.82) is 0 Å². The van der Waals surface area contributed by atoms with E-state index >= 15 is 0 Å². The number of hydrogen-bond acceptors (Lipinski definition) is 3. The van der Waals surface area contributed by atoms with E-state index in [1.165, 1.54) is 71.3 Å². The van der Waals surface area contributed by atoms with Crippen molar-refractivity contribution in [2.45, 2.75) is 130 Å². The van der Waals surface area contributed by atoms with Gasteiger partial charge >= 0.3 is 5.97 Å². The lowest BCUT2D eigenvalue weighted by Crippen LogP contribution is -2.54. The molecule has 4 saturated carbocycles. The second kappa shape index (κ2) is 10.4. The molecule has 0 unspecified atom stereocenters. The fourth-order valence-electron chi connectivity index (χ4n) is 10.1. The molecular formula is C31H56O3Si. The van der Waals surface area contributed by atoms with Crippen LogP contribution in [-0.4, -0.2) is 27.5 Å². The van der Waals surface area contributed by atoms with Crippen LogP contribution in [0, 0.1) is 52.3 Å². The van der Waals surface area contributed by atoms with Gasteiger partial charge in [-0.1, -0.05) is 40.5 Å². The summed E-state index contributed by atoms with van der Waals surface area (Å²) in [6.45, 7) is 17.0. The summed E-state index contributed by atoms with van der Waals surface area (Å²) in [6, 6.07) is 0. The molecule has 0 radical (unpaired) electrons. The average Bonchev–Trinajstić information content (AvgIpc) is 3.15. The zero-order chi connectivity index (χ0) is 25.6. The van der Waals surface area contributed by atoms with Crippen molar-refractivity contribution in [3.05, 3.63) is 0 Å². The summed E-state index contributed by atoms with van der Waals surface area (Å²) in [5, 5.41) is 0. The van der Waals surface area contributed by atoms with Crippen LogP contribution in [0.1, 0.15) is 105 Å². The first kappa shape index (κ1) is 27.7. The van der Waals surface area contributed by atoms with Gasteiger partial charge in [0, 0.05) is 6.10 Å². The second-order valence-corrected chi connectivity index (χ2v) is 19.3. The van der Waals surface area contributed by atoms with Gasteiger partial charge in [0.2, 0.25) is 0 Å². The molecule has 0 bridgehead atoms. The Kier molecular flexibility index (Phi) is 8.24. The quantitative estimate of drug-likeness (QED) is 0.245. The fraction of sp³-hybridized carbons (Fsp3) is 0.968. The number of esters is 1. The van der Waals surface area contributed by atoms with Crippen molar-refractivity contribution in [3.8, 4) is 0 Å². The van der Waals surface area contributed by atoms with Gasteiger partial charge in [-0.2, -0.15) is 0 Å². The van der Waals surface area contributed by atoms with Crippen molar-refractivity contribution in [2.75, 3.05) is 7.11 Å². The summed E-state index contributed by atoms with van der Waals surface area (Å²) in [6.07, 6.45) is 16.7. The van der Waals surface area contributed by atoms with Crippen molar-refractivity contribution < 1.29 is 14.0 Å². The SMILES string of the molecule is COC(=O)[C@H](C)CCC[C@@H](C)[C@H]1CC[C@H]2[C@@H]3CC[C@@H]4C[C@H](O[Si](C)(C)C)CC[C@]4(C)[C@H]3CC[C@]12C. The largest absolute Gasteiger partial charge is 0.469 e. The van der Waals surface area contributed by atoms with Crippen molar-refractivity contribution in [3.63, 3.8) is 0 Å². The number of carbonyl (C=O) groups is 1. The highest BCUT2D eigenvalue weighted by Crippen LogP contribution is 2.68. The van der Waals surface area contributed by atoms with Gasteiger partial charge in [0.15, 0.2) is 8.32 Å². The summed E-state index contributed by atoms with van der Waals surface area (Å²) in [5.74, 6) is 5.36. The number of hydrogen-bond donors (Lipinski definition) is 0. The molecule has 0 heterocycles. The number of ether oxygens (including phenoxy) is 1. The summed E-state index contributed by atoms with van der Waals surface area (Å²) in [4.78, 5) is 11.8. The average molecular weight is 505 g/mol. The van der Waals surface area contributed by atoms with Crippen LogP contribution in [0.4, 0.5) is 0 Å². The first-order valence-electron chi connectivity index (χ1n) is 15.1. The molecule has 0 amide bonds. The molecule has 4 rings (SSSR count). The Morgan fingerprint density at radius 3 is 2.29 bits per heavy atom. The minimum atomic E-state index is -1.45. The van der Waals surface area contributed by atoms with Crippen LogP contribution in [0.2, 0.25) is 19.6 Å². The first-order chi connectivity index (χ1) is 16.4. The fourth-order valence-corrected chi connectivity index (χ4v) is 11.3. The van der Waals surface area contributed by atoms with E-state index in [1.54, 1.807) is 0 Å². The topological polar surface area (TPSA) is 35.5 Å². The Morgan fingerprint density at radius 1 is 0.914 bits per heavy atom. The van der Waals surface area contributed by atoms with E-state index in [1.807, 2.05) is 6.92 Å². The van der Waals surface area contributed by atoms with Gasteiger partial charge in [0.25, 0.3) is 0 Å². The predicted molar refractivity (Wildman–Crippen MR) is 148 cm³/mol. The zero-order valence-corrected chi connectivity index (χ0v) is 25.3. The summed E-state index contributed by atoms with van der Waals surface area (Å²) < 4.78 is 11.5. The standard InChI is InChI=1S/C31H56O3Si/c1-21(10-9-11-22(2)29(32)33-5)26-14-15-27-25-13-12-23-20-24(34-35(6,7)8)16-18-30(23,3)28(25)17-19-31(26,27)4/h21-28H,9-20H2,1-8H3/t21-,22-,23-,24-,25+,26-,27+,28+,30+,31-/m1/s1. The van der Waals surface area contributed by atoms with E-state index in [0.29, 0.717) is 16.9 Å². The van der Waals surface area contributed by atoms with Gasteiger partial charge in [-0.25, -0.2) is 0 Å². The van der Waals surface area contributed by atoms with Crippen LogP contribution in [-0.2, 0) is 14.0 Å². The highest BCUT2D eigenvalue weighted by atomic mass is 28.4. The Hall–Kier alpha value is -0.353. The Bertz CT molecular complexity index is 746. The van der Waals surface area contributed by atoms with Gasteiger partial charge in [-0.3, -0.25) is 4.79 Å². The third-order valence-corrected chi connectivity index (χ3v) is 12.8. The lowest BCUT2D eigenvalue weighted by Gasteiger charge is -2.61. The van der Waals surface area contributed by atoms with Gasteiger partial charge in [0.1, 0.15) is 0 Å². The van der Waals surface area contributed by atoms with Crippen LogP contribution in [0.5, 0.6) is 0 Å². The van der Waals surface area contributed by atoms with Crippen LogP contribution < -0.4 is 0 Å². The van der Waals surface area contributed by atoms with E-state index in [9.17, 15) is 4.79 Å². The normalized spacial score (nSPS) is 43.0. The molecule has 4 aliphatic carbocycles. The van der Waals surface area contributed by atoms with Gasteiger partial charge in [0.05, 0.1) is 13.0 Å². The minimum absolute atomic E-state index is 0.0386. The Labute approximate surface area is 218 Å². The molecule has 3 nitrogen and oxygen atoms in total. The third kappa shape index (κ3) is 5.45. The highest BCUT2D eigenvalue weighted by molar-refractivity contribution is 6.69. The maximum atomic E-state index is 11.8. The number of methoxy groups -OCH3 is 1. The number of rotatable bonds is 8. The van der Waals surface area contributed by atoms with Crippen LogP contribution in [0.25, 0.3) is 0 Å². The Morgan fingerprint density at radius 2 is 1.60 bits per heavy atom. The van der Waals surface area contributed by atoms with E-state index in [0.717, 1.165) is 48.3 Å². The van der Waals surface area contributed by atoms with Crippen molar-refractivity contribution in [1.82, 2.24) is 0 Å². The van der Waals surface area contributed by atoms with E-state index in [4.69, 9.17) is 9.16 Å². The Balaban J connectivity index is 1.38. The van der Waals surface area contributed by atoms with E-state index < -0.39 is 8.32 Å². The molecule has 0 aliphatic heterocycles. The lowest BCUT2D eigenvalue weighted by atomic mass is 9.44. The highest BCUT2D eigenvalue weighted by Gasteiger charge is 2.60. The molecule has 35 heavy (non-hydrogen) atoms. The molecule has 0 saturated heterocycles. The predicted octanol–water partition coefficient (Wildman–Crippen LogP) is 8.48.